The Morgan fingerprint density at radius 3 is 2.42 bits per heavy atom. The maximum atomic E-state index is 12.5. The fourth-order valence-corrected chi connectivity index (χ4v) is 9.46. The minimum atomic E-state index is -1.08. The molecule has 0 aliphatic heterocycles. The van der Waals surface area contributed by atoms with Gasteiger partial charge in [0, 0.05) is 30.4 Å². The first-order chi connectivity index (χ1) is 21.7. The first kappa shape index (κ1) is 28.1. The van der Waals surface area contributed by atoms with Gasteiger partial charge in [0.1, 0.15) is 5.82 Å². The number of rotatable bonds is 8. The molecule has 4 bridgehead atoms. The van der Waals surface area contributed by atoms with Gasteiger partial charge in [0.15, 0.2) is 22.5 Å². The smallest absolute Gasteiger partial charge is 0.355 e. The number of carboxylic acid groups (broad SMARTS) is 1. The summed E-state index contributed by atoms with van der Waals surface area (Å²) < 4.78 is 3.21. The van der Waals surface area contributed by atoms with Crippen molar-refractivity contribution in [3.8, 4) is 11.1 Å². The molecule has 10 nitrogen and oxygen atoms in total. The van der Waals surface area contributed by atoms with Gasteiger partial charge in [-0.25, -0.2) is 14.8 Å². The minimum Gasteiger partial charge on any atom is -0.476 e. The zero-order valence-electron chi connectivity index (χ0n) is 25.7. The Labute approximate surface area is 265 Å². The van der Waals surface area contributed by atoms with E-state index >= 15 is 0 Å². The van der Waals surface area contributed by atoms with Gasteiger partial charge in [-0.05, 0) is 111 Å². The molecule has 4 saturated carbocycles. The number of carbonyl (C=O) groups is 1. The number of nitrogens with one attached hydrogen (secondary N) is 1. The van der Waals surface area contributed by atoms with E-state index in [1.54, 1.807) is 16.2 Å². The van der Waals surface area contributed by atoms with E-state index < -0.39 is 5.97 Å². The molecule has 11 heteroatoms. The second-order valence-electron chi connectivity index (χ2n) is 13.5. The summed E-state index contributed by atoms with van der Waals surface area (Å²) in [6.45, 7) is 4.92. The predicted octanol–water partition coefficient (Wildman–Crippen LogP) is 7.39. The predicted molar refractivity (Wildman–Crippen MR) is 175 cm³/mol. The maximum Gasteiger partial charge on any atom is 0.355 e. The molecule has 0 spiro atoms. The fraction of sp³-hybridized carbons (Fsp3) is 0.412. The van der Waals surface area contributed by atoms with Crippen LogP contribution in [0.15, 0.2) is 48.7 Å². The zero-order chi connectivity index (χ0) is 30.9. The molecule has 4 aliphatic rings. The highest BCUT2D eigenvalue weighted by Gasteiger charge is 2.51. The summed E-state index contributed by atoms with van der Waals surface area (Å²) in [5.41, 5.74) is 4.53. The van der Waals surface area contributed by atoms with Crippen LogP contribution in [0.2, 0.25) is 0 Å². The second kappa shape index (κ2) is 10.6. The molecule has 0 amide bonds. The molecule has 0 unspecified atom stereocenters. The number of carboxylic acids is 1. The van der Waals surface area contributed by atoms with Crippen molar-refractivity contribution < 1.29 is 9.90 Å². The van der Waals surface area contributed by atoms with Crippen molar-refractivity contribution in [2.24, 2.45) is 23.2 Å². The number of fused-ring (bicyclic) bond motifs is 1. The molecule has 9 rings (SSSR count). The molecular weight excluding hydrogens is 584 g/mol. The van der Waals surface area contributed by atoms with E-state index in [1.807, 2.05) is 62.6 Å². The number of para-hydroxylation sites is 1. The van der Waals surface area contributed by atoms with Gasteiger partial charge in [-0.2, -0.15) is 5.10 Å². The van der Waals surface area contributed by atoms with Gasteiger partial charge in [-0.15, -0.1) is 10.2 Å². The van der Waals surface area contributed by atoms with Crippen LogP contribution in [0, 0.1) is 37.0 Å². The molecule has 0 saturated heterocycles. The van der Waals surface area contributed by atoms with Crippen molar-refractivity contribution in [1.29, 1.82) is 0 Å². The van der Waals surface area contributed by atoms with Gasteiger partial charge in [0.25, 0.3) is 0 Å². The number of hydrogen-bond donors (Lipinski definition) is 2. The van der Waals surface area contributed by atoms with Crippen LogP contribution in [0.25, 0.3) is 21.3 Å². The van der Waals surface area contributed by atoms with Crippen LogP contribution in [-0.4, -0.2) is 48.1 Å². The number of nitrogens with zero attached hydrogens (tertiary/aromatic N) is 7. The molecule has 1 aromatic carbocycles. The van der Waals surface area contributed by atoms with Crippen molar-refractivity contribution in [2.45, 2.75) is 58.9 Å². The number of hydrogen-bond acceptors (Lipinski definition) is 9. The molecular formula is C34H36N8O2S. The van der Waals surface area contributed by atoms with E-state index in [2.05, 4.69) is 37.1 Å². The summed E-state index contributed by atoms with van der Waals surface area (Å²) in [6, 6.07) is 13.6. The third-order valence-electron chi connectivity index (χ3n) is 10.3. The quantitative estimate of drug-likeness (QED) is 0.183. The van der Waals surface area contributed by atoms with Crippen LogP contribution in [0.5, 0.6) is 0 Å². The molecule has 0 radical (unpaired) electrons. The van der Waals surface area contributed by atoms with Gasteiger partial charge in [0.05, 0.1) is 16.4 Å². The molecule has 4 aliphatic carbocycles. The Hall–Kier alpha value is -4.38. The summed E-state index contributed by atoms with van der Waals surface area (Å²) in [5, 5.41) is 27.9. The SMILES string of the molecule is Cc1cc(N(C)c2ccc(-c3cnn(CC45CC6CC(CC(C6)C4)C5)c3C)c(C(=O)O)n2)nnc1Nc1nc2ccccc2s1. The Balaban J connectivity index is 1.03. The Morgan fingerprint density at radius 2 is 1.73 bits per heavy atom. The van der Waals surface area contributed by atoms with E-state index in [0.29, 0.717) is 28.4 Å². The Kier molecular flexibility index (Phi) is 6.63. The number of aromatic carboxylic acids is 1. The lowest BCUT2D eigenvalue weighted by Crippen LogP contribution is -2.48. The number of benzene rings is 1. The average Bonchev–Trinajstić information content (AvgIpc) is 3.58. The number of thiazole rings is 1. The lowest BCUT2D eigenvalue weighted by atomic mass is 9.49. The molecule has 5 aromatic rings. The molecule has 4 heterocycles. The van der Waals surface area contributed by atoms with Crippen LogP contribution in [0.3, 0.4) is 0 Å². The standard InChI is InChI=1S/C34H36N8O2S/c1-19-10-29(39-40-31(19)38-33-36-26-6-4-5-7-27(26)45-33)41(3)28-9-8-24(30(37-28)32(43)44)25-17-35-42(20(25)2)18-34-14-21-11-22(15-34)13-23(12-21)16-34/h4-10,17,21-23H,11-16,18H2,1-3H3,(H,43,44)(H,36,38,40). The fourth-order valence-electron chi connectivity index (χ4n) is 8.59. The van der Waals surface area contributed by atoms with Gasteiger partial charge >= 0.3 is 5.97 Å². The lowest BCUT2D eigenvalue weighted by molar-refractivity contribution is -0.0638. The molecule has 4 aromatic heterocycles. The third kappa shape index (κ3) is 5.03. The van der Waals surface area contributed by atoms with Gasteiger partial charge < -0.3 is 15.3 Å². The average molecular weight is 621 g/mol. The van der Waals surface area contributed by atoms with Crippen molar-refractivity contribution in [2.75, 3.05) is 17.3 Å². The highest BCUT2D eigenvalue weighted by atomic mass is 32.1. The molecule has 2 N–H and O–H groups in total. The minimum absolute atomic E-state index is 0.00407. The van der Waals surface area contributed by atoms with Gasteiger partial charge in [0.2, 0.25) is 0 Å². The summed E-state index contributed by atoms with van der Waals surface area (Å²) in [6.07, 6.45) is 9.96. The molecule has 230 valence electrons. The number of anilines is 4. The van der Waals surface area contributed by atoms with Gasteiger partial charge in [-0.1, -0.05) is 23.5 Å². The van der Waals surface area contributed by atoms with E-state index in [1.165, 1.54) is 38.5 Å². The first-order valence-corrected chi connectivity index (χ1v) is 16.5. The monoisotopic (exact) mass is 620 g/mol. The van der Waals surface area contributed by atoms with Crippen LogP contribution in [-0.2, 0) is 6.54 Å². The summed E-state index contributed by atoms with van der Waals surface area (Å²) in [5.74, 6) is 3.18. The molecule has 0 atom stereocenters. The van der Waals surface area contributed by atoms with Crippen LogP contribution in [0.4, 0.5) is 22.6 Å². The Morgan fingerprint density at radius 1 is 1.00 bits per heavy atom. The highest BCUT2D eigenvalue weighted by molar-refractivity contribution is 7.22. The van der Waals surface area contributed by atoms with Crippen LogP contribution in [0.1, 0.15) is 60.3 Å². The van der Waals surface area contributed by atoms with E-state index in [9.17, 15) is 9.90 Å². The molecule has 4 fully saturated rings. The van der Waals surface area contributed by atoms with Crippen molar-refractivity contribution >= 4 is 50.1 Å². The largest absolute Gasteiger partial charge is 0.476 e. The van der Waals surface area contributed by atoms with Crippen molar-refractivity contribution in [3.63, 3.8) is 0 Å². The van der Waals surface area contributed by atoms with Crippen molar-refractivity contribution in [3.05, 3.63) is 65.6 Å². The first-order valence-electron chi connectivity index (χ1n) is 15.7. The highest BCUT2D eigenvalue weighted by Crippen LogP contribution is 2.60. The van der Waals surface area contributed by atoms with Crippen LogP contribution < -0.4 is 10.2 Å². The number of pyridine rings is 1. The van der Waals surface area contributed by atoms with Gasteiger partial charge in [-0.3, -0.25) is 4.68 Å². The lowest BCUT2D eigenvalue weighted by Gasteiger charge is -2.56. The zero-order valence-corrected chi connectivity index (χ0v) is 26.5. The maximum absolute atomic E-state index is 12.5. The second-order valence-corrected chi connectivity index (χ2v) is 14.5. The van der Waals surface area contributed by atoms with Crippen LogP contribution >= 0.6 is 11.3 Å². The van der Waals surface area contributed by atoms with Crippen molar-refractivity contribution in [1.82, 2.24) is 29.9 Å². The van der Waals surface area contributed by atoms with E-state index in [-0.39, 0.29) is 5.69 Å². The summed E-state index contributed by atoms with van der Waals surface area (Å²) in [7, 11) is 1.81. The summed E-state index contributed by atoms with van der Waals surface area (Å²) >= 11 is 1.56. The topological polar surface area (TPSA) is 122 Å². The number of aromatic nitrogens is 6. The molecule has 45 heavy (non-hydrogen) atoms. The van der Waals surface area contributed by atoms with E-state index in [0.717, 1.165) is 56.5 Å². The number of aryl methyl sites for hydroxylation is 1. The normalized spacial score (nSPS) is 23.5. The third-order valence-corrected chi connectivity index (χ3v) is 11.3. The summed E-state index contributed by atoms with van der Waals surface area (Å²) in [4.78, 5) is 23.5. The van der Waals surface area contributed by atoms with E-state index in [4.69, 9.17) is 5.10 Å². The Bertz CT molecular complexity index is 1880.